The number of benzene rings is 1. The molecule has 1 aromatic carbocycles. The van der Waals surface area contributed by atoms with Crippen molar-refractivity contribution in [1.82, 2.24) is 4.90 Å². The van der Waals surface area contributed by atoms with Crippen LogP contribution in [-0.2, 0) is 0 Å². The number of hydrogen-bond donors (Lipinski definition) is 2. The predicted molar refractivity (Wildman–Crippen MR) is 72.7 cm³/mol. The summed E-state index contributed by atoms with van der Waals surface area (Å²) in [5, 5.41) is 2.83. The molecule has 0 saturated heterocycles. The first-order valence-electron chi connectivity index (χ1n) is 6.12. The first kappa shape index (κ1) is 16.1. The largest absolute Gasteiger partial charge is 0.399 e. The Morgan fingerprint density at radius 2 is 2.00 bits per heavy atom. The number of halogens is 3. The Kier molecular flexibility index (Phi) is 5.24. The fourth-order valence-corrected chi connectivity index (χ4v) is 1.65. The molecule has 0 saturated carbocycles. The normalized spacial score (nSPS) is 11.2. The van der Waals surface area contributed by atoms with Crippen LogP contribution in [-0.4, -0.2) is 37.6 Å². The van der Waals surface area contributed by atoms with Crippen LogP contribution in [0, 0.1) is 0 Å². The maximum atomic E-state index is 12.1. The zero-order valence-corrected chi connectivity index (χ0v) is 11.4. The SMILES string of the molecule is CN(C)C(=O)c1ccc(N)cc1NCCCC(F)(F)F. The van der Waals surface area contributed by atoms with Crippen molar-refractivity contribution in [1.29, 1.82) is 0 Å². The van der Waals surface area contributed by atoms with E-state index in [0.717, 1.165) is 0 Å². The highest BCUT2D eigenvalue weighted by atomic mass is 19.4. The van der Waals surface area contributed by atoms with E-state index in [1.807, 2.05) is 0 Å². The van der Waals surface area contributed by atoms with Gasteiger partial charge in [-0.2, -0.15) is 13.2 Å². The number of nitrogens with one attached hydrogen (secondary N) is 1. The molecule has 0 atom stereocenters. The Morgan fingerprint density at radius 3 is 2.55 bits per heavy atom. The smallest absolute Gasteiger partial charge is 0.389 e. The number of amides is 1. The molecule has 1 aromatic rings. The number of anilines is 2. The summed E-state index contributed by atoms with van der Waals surface area (Å²) in [5.41, 5.74) is 6.91. The molecule has 4 nitrogen and oxygen atoms in total. The third-order valence-electron chi connectivity index (χ3n) is 2.63. The van der Waals surface area contributed by atoms with Gasteiger partial charge in [-0.15, -0.1) is 0 Å². The van der Waals surface area contributed by atoms with Crippen LogP contribution in [0.4, 0.5) is 24.5 Å². The van der Waals surface area contributed by atoms with Crippen molar-refractivity contribution in [2.75, 3.05) is 31.7 Å². The van der Waals surface area contributed by atoms with Crippen molar-refractivity contribution in [3.05, 3.63) is 23.8 Å². The van der Waals surface area contributed by atoms with E-state index in [4.69, 9.17) is 5.73 Å². The Balaban J connectivity index is 2.73. The quantitative estimate of drug-likeness (QED) is 0.647. The minimum absolute atomic E-state index is 0.0616. The Bertz CT molecular complexity index is 472. The van der Waals surface area contributed by atoms with Gasteiger partial charge in [0.05, 0.1) is 5.56 Å². The van der Waals surface area contributed by atoms with Gasteiger partial charge in [0.1, 0.15) is 0 Å². The summed E-state index contributed by atoms with van der Waals surface area (Å²) >= 11 is 0. The second-order valence-corrected chi connectivity index (χ2v) is 4.65. The van der Waals surface area contributed by atoms with Gasteiger partial charge in [-0.3, -0.25) is 4.79 Å². The standard InChI is InChI=1S/C13H18F3N3O/c1-19(2)12(20)10-5-4-9(17)8-11(10)18-7-3-6-13(14,15)16/h4-5,8,18H,3,6-7,17H2,1-2H3. The molecule has 0 fully saturated rings. The molecule has 0 spiro atoms. The zero-order chi connectivity index (χ0) is 15.3. The topological polar surface area (TPSA) is 58.4 Å². The summed E-state index contributed by atoms with van der Waals surface area (Å²) in [7, 11) is 3.21. The molecule has 0 heterocycles. The molecule has 0 aliphatic rings. The van der Waals surface area contributed by atoms with E-state index in [0.29, 0.717) is 16.9 Å². The van der Waals surface area contributed by atoms with E-state index in [1.54, 1.807) is 32.3 Å². The molecule has 7 heteroatoms. The predicted octanol–water partition coefficient (Wildman–Crippen LogP) is 2.73. The minimum Gasteiger partial charge on any atom is -0.399 e. The Morgan fingerprint density at radius 1 is 1.35 bits per heavy atom. The maximum absolute atomic E-state index is 12.1. The number of nitrogen functional groups attached to an aromatic ring is 1. The van der Waals surface area contributed by atoms with E-state index in [9.17, 15) is 18.0 Å². The summed E-state index contributed by atoms with van der Waals surface area (Å²) in [5.74, 6) is -0.233. The van der Waals surface area contributed by atoms with Gasteiger partial charge in [-0.25, -0.2) is 0 Å². The third kappa shape index (κ3) is 4.99. The molecule has 3 N–H and O–H groups in total. The number of hydrogen-bond acceptors (Lipinski definition) is 3. The van der Waals surface area contributed by atoms with Gasteiger partial charge in [-0.05, 0) is 24.6 Å². The average molecular weight is 289 g/mol. The number of rotatable bonds is 5. The fourth-order valence-electron chi connectivity index (χ4n) is 1.65. The second-order valence-electron chi connectivity index (χ2n) is 4.65. The van der Waals surface area contributed by atoms with E-state index in [1.165, 1.54) is 4.90 Å². The lowest BCUT2D eigenvalue weighted by Gasteiger charge is -2.16. The molecule has 0 aliphatic heterocycles. The lowest BCUT2D eigenvalue weighted by molar-refractivity contribution is -0.134. The maximum Gasteiger partial charge on any atom is 0.389 e. The van der Waals surface area contributed by atoms with Gasteiger partial charge in [-0.1, -0.05) is 0 Å². The number of carbonyl (C=O) groups is 1. The van der Waals surface area contributed by atoms with Gasteiger partial charge in [0.2, 0.25) is 0 Å². The summed E-state index contributed by atoms with van der Waals surface area (Å²) < 4.78 is 36.2. The first-order valence-corrected chi connectivity index (χ1v) is 6.12. The van der Waals surface area contributed by atoms with Crippen molar-refractivity contribution >= 4 is 17.3 Å². The highest BCUT2D eigenvalue weighted by molar-refractivity contribution is 5.99. The minimum atomic E-state index is -4.17. The molecule has 0 aromatic heterocycles. The molecule has 0 radical (unpaired) electrons. The summed E-state index contributed by atoms with van der Waals surface area (Å²) in [6, 6.07) is 4.69. The lowest BCUT2D eigenvalue weighted by Crippen LogP contribution is -2.23. The van der Waals surface area contributed by atoms with Crippen LogP contribution in [0.2, 0.25) is 0 Å². The summed E-state index contributed by atoms with van der Waals surface area (Å²) in [6.07, 6.45) is -5.09. The van der Waals surface area contributed by atoms with Crippen LogP contribution < -0.4 is 11.1 Å². The monoisotopic (exact) mass is 289 g/mol. The second kappa shape index (κ2) is 6.49. The van der Waals surface area contributed by atoms with Crippen molar-refractivity contribution in [3.8, 4) is 0 Å². The average Bonchev–Trinajstić information content (AvgIpc) is 2.33. The van der Waals surface area contributed by atoms with Crippen molar-refractivity contribution in [2.45, 2.75) is 19.0 Å². The van der Waals surface area contributed by atoms with E-state index in [-0.39, 0.29) is 18.9 Å². The van der Waals surface area contributed by atoms with Crippen molar-refractivity contribution in [3.63, 3.8) is 0 Å². The highest BCUT2D eigenvalue weighted by Gasteiger charge is 2.26. The van der Waals surface area contributed by atoms with Crippen LogP contribution in [0.5, 0.6) is 0 Å². The first-order chi connectivity index (χ1) is 9.20. The molecule has 0 unspecified atom stereocenters. The highest BCUT2D eigenvalue weighted by Crippen LogP contribution is 2.23. The van der Waals surface area contributed by atoms with Gasteiger partial charge < -0.3 is 16.0 Å². The van der Waals surface area contributed by atoms with E-state index >= 15 is 0 Å². The van der Waals surface area contributed by atoms with Crippen molar-refractivity contribution in [2.24, 2.45) is 0 Å². The molecular formula is C13H18F3N3O. The van der Waals surface area contributed by atoms with Crippen LogP contribution >= 0.6 is 0 Å². The fraction of sp³-hybridized carbons (Fsp3) is 0.462. The molecular weight excluding hydrogens is 271 g/mol. The van der Waals surface area contributed by atoms with Gasteiger partial charge in [0, 0.05) is 38.4 Å². The Hall–Kier alpha value is -1.92. The molecule has 0 bridgehead atoms. The number of nitrogens with two attached hydrogens (primary N) is 1. The zero-order valence-electron chi connectivity index (χ0n) is 11.4. The molecule has 112 valence electrons. The van der Waals surface area contributed by atoms with Crippen LogP contribution in [0.3, 0.4) is 0 Å². The van der Waals surface area contributed by atoms with E-state index in [2.05, 4.69) is 5.32 Å². The van der Waals surface area contributed by atoms with E-state index < -0.39 is 12.6 Å². The van der Waals surface area contributed by atoms with Gasteiger partial charge >= 0.3 is 6.18 Å². The van der Waals surface area contributed by atoms with Crippen LogP contribution in [0.1, 0.15) is 23.2 Å². The summed E-state index contributed by atoms with van der Waals surface area (Å²) in [6.45, 7) is 0.122. The number of nitrogens with zero attached hydrogens (tertiary/aromatic N) is 1. The van der Waals surface area contributed by atoms with Crippen LogP contribution in [0.15, 0.2) is 18.2 Å². The van der Waals surface area contributed by atoms with Gasteiger partial charge in [0.15, 0.2) is 0 Å². The van der Waals surface area contributed by atoms with Crippen molar-refractivity contribution < 1.29 is 18.0 Å². The number of alkyl halides is 3. The molecule has 20 heavy (non-hydrogen) atoms. The summed E-state index contributed by atoms with van der Waals surface area (Å²) in [4.78, 5) is 13.3. The molecule has 0 aliphatic carbocycles. The Labute approximate surface area is 115 Å². The van der Waals surface area contributed by atoms with Gasteiger partial charge in [0.25, 0.3) is 5.91 Å². The number of carbonyl (C=O) groups excluding carboxylic acids is 1. The van der Waals surface area contributed by atoms with Crippen LogP contribution in [0.25, 0.3) is 0 Å². The lowest BCUT2D eigenvalue weighted by atomic mass is 10.1. The third-order valence-corrected chi connectivity index (χ3v) is 2.63. The molecule has 1 amide bonds. The molecule has 1 rings (SSSR count).